The molecule has 194 valence electrons. The van der Waals surface area contributed by atoms with E-state index >= 15 is 0 Å². The maximum Gasteiger partial charge on any atom is 0.255 e. The number of nitrogens with one attached hydrogen (secondary N) is 1. The van der Waals surface area contributed by atoms with Crippen molar-refractivity contribution >= 4 is 11.8 Å². The van der Waals surface area contributed by atoms with E-state index in [-0.39, 0.29) is 12.4 Å². The Morgan fingerprint density at radius 1 is 1.05 bits per heavy atom. The van der Waals surface area contributed by atoms with Crippen molar-refractivity contribution in [2.45, 2.75) is 51.6 Å². The molecule has 1 aliphatic rings. The summed E-state index contributed by atoms with van der Waals surface area (Å²) in [5.41, 5.74) is 3.54. The number of fused-ring (bicyclic) bond motifs is 1. The third-order valence-electron chi connectivity index (χ3n) is 6.74. The zero-order valence-electron chi connectivity index (χ0n) is 21.1. The molecule has 3 N–H and O–H groups in total. The van der Waals surface area contributed by atoms with Crippen molar-refractivity contribution in [2.24, 2.45) is 0 Å². The Kier molecular flexibility index (Phi) is 7.61. The molecule has 8 heteroatoms. The quantitative estimate of drug-likeness (QED) is 0.434. The number of hydrogen-bond acceptors (Lipinski definition) is 5. The van der Waals surface area contributed by atoms with Crippen LogP contribution in [-0.4, -0.2) is 45.7 Å². The van der Waals surface area contributed by atoms with Crippen LogP contribution in [0.15, 0.2) is 66.7 Å². The molecule has 7 nitrogen and oxygen atoms in total. The van der Waals surface area contributed by atoms with Crippen LogP contribution in [0.1, 0.15) is 37.5 Å². The Bertz CT molecular complexity index is 1290. The van der Waals surface area contributed by atoms with E-state index in [2.05, 4.69) is 5.32 Å². The highest BCUT2D eigenvalue weighted by molar-refractivity contribution is 5.91. The molecule has 4 rings (SSSR count). The summed E-state index contributed by atoms with van der Waals surface area (Å²) in [5, 5.41) is 23.5. The first-order chi connectivity index (χ1) is 17.6. The van der Waals surface area contributed by atoms with Gasteiger partial charge in [-0.2, -0.15) is 0 Å². The van der Waals surface area contributed by atoms with E-state index in [1.54, 1.807) is 18.2 Å². The van der Waals surface area contributed by atoms with Crippen LogP contribution in [0.25, 0.3) is 11.1 Å². The molecule has 0 saturated heterocycles. The molecule has 2 atom stereocenters. The fourth-order valence-electron chi connectivity index (χ4n) is 4.67. The van der Waals surface area contributed by atoms with E-state index in [1.807, 2.05) is 57.2 Å². The van der Waals surface area contributed by atoms with Crippen molar-refractivity contribution in [3.63, 3.8) is 0 Å². The zero-order chi connectivity index (χ0) is 26.7. The van der Waals surface area contributed by atoms with Gasteiger partial charge in [-0.3, -0.25) is 9.59 Å². The van der Waals surface area contributed by atoms with Gasteiger partial charge in [0.05, 0.1) is 12.1 Å². The topological polar surface area (TPSA) is 99.1 Å². The van der Waals surface area contributed by atoms with Gasteiger partial charge >= 0.3 is 0 Å². The highest BCUT2D eigenvalue weighted by atomic mass is 19.1. The van der Waals surface area contributed by atoms with Gasteiger partial charge in [-0.1, -0.05) is 48.5 Å². The fourth-order valence-corrected chi connectivity index (χ4v) is 4.67. The molecule has 1 aliphatic heterocycles. The summed E-state index contributed by atoms with van der Waals surface area (Å²) in [6.45, 7) is 6.33. The van der Waals surface area contributed by atoms with Crippen molar-refractivity contribution in [3.8, 4) is 16.9 Å². The lowest BCUT2D eigenvalue weighted by molar-refractivity contribution is -0.157. The minimum atomic E-state index is -1.92. The number of hydrogen-bond donors (Lipinski definition) is 3. The maximum atomic E-state index is 13.6. The summed E-state index contributed by atoms with van der Waals surface area (Å²) in [5.74, 6) is -1.51. The number of ether oxygens (including phenoxy) is 1. The summed E-state index contributed by atoms with van der Waals surface area (Å²) >= 11 is 0. The number of carbonyl (C=O) groups excluding carboxylic acids is 2. The summed E-state index contributed by atoms with van der Waals surface area (Å²) in [4.78, 5) is 27.0. The molecule has 2 amide bonds. The first kappa shape index (κ1) is 26.3. The lowest BCUT2D eigenvalue weighted by Crippen LogP contribution is -2.53. The smallest absolute Gasteiger partial charge is 0.255 e. The molecule has 0 radical (unpaired) electrons. The van der Waals surface area contributed by atoms with Crippen LogP contribution < -0.4 is 10.1 Å². The molecule has 0 spiro atoms. The first-order valence-electron chi connectivity index (χ1n) is 12.2. The number of halogens is 1. The van der Waals surface area contributed by atoms with Crippen LogP contribution in [0.2, 0.25) is 0 Å². The van der Waals surface area contributed by atoms with E-state index in [1.165, 1.54) is 17.0 Å². The van der Waals surface area contributed by atoms with Crippen LogP contribution in [-0.2, 0) is 28.2 Å². The second-order valence-corrected chi connectivity index (χ2v) is 9.52. The van der Waals surface area contributed by atoms with Gasteiger partial charge in [-0.05, 0) is 55.2 Å². The van der Waals surface area contributed by atoms with Gasteiger partial charge in [0.1, 0.15) is 11.6 Å². The maximum absolute atomic E-state index is 13.6. The highest BCUT2D eigenvalue weighted by Gasteiger charge is 2.44. The summed E-state index contributed by atoms with van der Waals surface area (Å²) in [6.07, 6.45) is -3.81. The number of rotatable bonds is 8. The normalized spacial score (nSPS) is 15.6. The predicted molar refractivity (Wildman–Crippen MR) is 137 cm³/mol. The SMILES string of the molecule is CCOc1cc(F)ccc1-c1ccc(CNC(=O)C(O)C(O)C(=O)N2Cc3ccccc3C2(C)C)cc1. The second kappa shape index (κ2) is 10.7. The van der Waals surface area contributed by atoms with E-state index in [9.17, 15) is 24.2 Å². The predicted octanol–water partition coefficient (Wildman–Crippen LogP) is 3.51. The van der Waals surface area contributed by atoms with Gasteiger partial charge in [-0.15, -0.1) is 0 Å². The van der Waals surface area contributed by atoms with Gasteiger partial charge in [-0.25, -0.2) is 4.39 Å². The average molecular weight is 507 g/mol. The summed E-state index contributed by atoms with van der Waals surface area (Å²) < 4.78 is 19.1. The number of aliphatic hydroxyl groups excluding tert-OH is 2. The Hall–Kier alpha value is -3.75. The Labute approximate surface area is 215 Å². The Balaban J connectivity index is 1.37. The van der Waals surface area contributed by atoms with Crippen LogP contribution >= 0.6 is 0 Å². The van der Waals surface area contributed by atoms with Crippen LogP contribution in [0.3, 0.4) is 0 Å². The molecule has 37 heavy (non-hydrogen) atoms. The Morgan fingerprint density at radius 2 is 1.76 bits per heavy atom. The van der Waals surface area contributed by atoms with Gasteiger partial charge in [0.15, 0.2) is 12.2 Å². The first-order valence-corrected chi connectivity index (χ1v) is 12.2. The minimum absolute atomic E-state index is 0.0828. The van der Waals surface area contributed by atoms with Crippen molar-refractivity contribution in [3.05, 3.63) is 89.2 Å². The van der Waals surface area contributed by atoms with E-state index < -0.39 is 29.6 Å². The van der Waals surface area contributed by atoms with Gasteiger partial charge in [0, 0.05) is 24.7 Å². The standard InChI is InChI=1S/C29H31FN2O5/c1-4-37-24-15-21(30)13-14-22(24)19-11-9-18(10-12-19)16-31-27(35)25(33)26(34)28(36)32-17-20-7-5-6-8-23(20)29(32,2)3/h5-15,25-26,33-34H,4,16-17H2,1-3H3,(H,31,35). The summed E-state index contributed by atoms with van der Waals surface area (Å²) in [6, 6.07) is 19.2. The lowest BCUT2D eigenvalue weighted by Gasteiger charge is -2.34. The van der Waals surface area contributed by atoms with Gasteiger partial charge in [0.2, 0.25) is 0 Å². The molecule has 0 saturated carbocycles. The van der Waals surface area contributed by atoms with Crippen LogP contribution in [0.5, 0.6) is 5.75 Å². The molecule has 3 aromatic rings. The van der Waals surface area contributed by atoms with Crippen molar-refractivity contribution < 1.29 is 28.9 Å². The summed E-state index contributed by atoms with van der Waals surface area (Å²) in [7, 11) is 0. The molecule has 0 bridgehead atoms. The number of aliphatic hydroxyl groups is 2. The third-order valence-corrected chi connectivity index (χ3v) is 6.74. The van der Waals surface area contributed by atoms with Gasteiger partial charge in [0.25, 0.3) is 11.8 Å². The minimum Gasteiger partial charge on any atom is -0.493 e. The molecule has 0 fully saturated rings. The molecular weight excluding hydrogens is 475 g/mol. The number of benzene rings is 3. The second-order valence-electron chi connectivity index (χ2n) is 9.52. The van der Waals surface area contributed by atoms with Gasteiger partial charge < -0.3 is 25.2 Å². The van der Waals surface area contributed by atoms with E-state index in [0.29, 0.717) is 18.9 Å². The molecule has 0 aliphatic carbocycles. The molecular formula is C29H31FN2O5. The number of carbonyl (C=O) groups is 2. The van der Waals surface area contributed by atoms with E-state index in [4.69, 9.17) is 4.74 Å². The van der Waals surface area contributed by atoms with Crippen LogP contribution in [0, 0.1) is 5.82 Å². The lowest BCUT2D eigenvalue weighted by atomic mass is 9.93. The zero-order valence-corrected chi connectivity index (χ0v) is 21.1. The molecule has 2 unspecified atom stereocenters. The number of nitrogens with zero attached hydrogens (tertiary/aromatic N) is 1. The molecule has 1 heterocycles. The monoisotopic (exact) mass is 506 g/mol. The third kappa shape index (κ3) is 5.35. The molecule has 0 aromatic heterocycles. The fraction of sp³-hybridized carbons (Fsp3) is 0.310. The largest absolute Gasteiger partial charge is 0.493 e. The number of amides is 2. The van der Waals surface area contributed by atoms with Crippen LogP contribution in [0.4, 0.5) is 4.39 Å². The van der Waals surface area contributed by atoms with Crippen molar-refractivity contribution in [1.29, 1.82) is 0 Å². The molecule has 3 aromatic carbocycles. The van der Waals surface area contributed by atoms with Crippen molar-refractivity contribution in [2.75, 3.05) is 6.61 Å². The average Bonchev–Trinajstić information content (AvgIpc) is 3.17. The van der Waals surface area contributed by atoms with Crippen molar-refractivity contribution in [1.82, 2.24) is 10.2 Å². The highest BCUT2D eigenvalue weighted by Crippen LogP contribution is 2.39. The Morgan fingerprint density at radius 3 is 2.43 bits per heavy atom. The van der Waals surface area contributed by atoms with E-state index in [0.717, 1.165) is 27.8 Å².